The summed E-state index contributed by atoms with van der Waals surface area (Å²) in [7, 11) is -3.86. The Morgan fingerprint density at radius 1 is 1.03 bits per heavy atom. The second kappa shape index (κ2) is 9.18. The molecular weight excluding hydrogens is 414 g/mol. The fourth-order valence-electron chi connectivity index (χ4n) is 3.11. The van der Waals surface area contributed by atoms with Crippen molar-refractivity contribution in [1.29, 1.82) is 0 Å². The molecule has 31 heavy (non-hydrogen) atoms. The standard InChI is InChI=1S/C23H25N3O4S/c1-5-30-23-19(7-6-12-24-23)22(27)25-18-10-9-16(3)21(14-18)31(28,29)26-20-11-8-15(2)13-17(20)4/h6-14,26H,5H2,1-4H3,(H,25,27). The van der Waals surface area contributed by atoms with Crippen LogP contribution >= 0.6 is 0 Å². The van der Waals surface area contributed by atoms with Gasteiger partial charge in [-0.1, -0.05) is 23.8 Å². The highest BCUT2D eigenvalue weighted by Crippen LogP contribution is 2.26. The molecule has 0 aliphatic rings. The van der Waals surface area contributed by atoms with Crippen LogP contribution in [0.5, 0.6) is 5.88 Å². The summed E-state index contributed by atoms with van der Waals surface area (Å²) in [4.78, 5) is 16.9. The van der Waals surface area contributed by atoms with E-state index in [2.05, 4.69) is 15.0 Å². The normalized spacial score (nSPS) is 11.1. The second-order valence-electron chi connectivity index (χ2n) is 7.15. The molecule has 8 heteroatoms. The van der Waals surface area contributed by atoms with E-state index >= 15 is 0 Å². The topological polar surface area (TPSA) is 97.4 Å². The predicted octanol–water partition coefficient (Wildman–Crippen LogP) is 4.46. The Kier molecular flexibility index (Phi) is 6.60. The molecule has 2 aromatic carbocycles. The first-order valence-corrected chi connectivity index (χ1v) is 11.3. The lowest BCUT2D eigenvalue weighted by atomic mass is 10.1. The van der Waals surface area contributed by atoms with Gasteiger partial charge in [-0.2, -0.15) is 0 Å². The maximum atomic E-state index is 13.1. The fraction of sp³-hybridized carbons (Fsp3) is 0.217. The summed E-state index contributed by atoms with van der Waals surface area (Å²) in [5.74, 6) is -0.218. The molecule has 3 aromatic rings. The number of benzene rings is 2. The smallest absolute Gasteiger partial charge is 0.262 e. The molecule has 0 saturated heterocycles. The lowest BCUT2D eigenvalue weighted by Gasteiger charge is -2.15. The van der Waals surface area contributed by atoms with E-state index in [-0.39, 0.29) is 16.3 Å². The zero-order chi connectivity index (χ0) is 22.6. The first-order chi connectivity index (χ1) is 14.7. The van der Waals surface area contributed by atoms with Gasteiger partial charge >= 0.3 is 0 Å². The van der Waals surface area contributed by atoms with Gasteiger partial charge in [0.05, 0.1) is 17.2 Å². The van der Waals surface area contributed by atoms with Crippen LogP contribution in [0.1, 0.15) is 34.0 Å². The largest absolute Gasteiger partial charge is 0.477 e. The Labute approximate surface area is 182 Å². The molecule has 0 bridgehead atoms. The minimum Gasteiger partial charge on any atom is -0.477 e. The van der Waals surface area contributed by atoms with Crippen molar-refractivity contribution in [2.45, 2.75) is 32.6 Å². The Bertz CT molecular complexity index is 1220. The number of aryl methyl sites for hydroxylation is 3. The van der Waals surface area contributed by atoms with Crippen LogP contribution in [0, 0.1) is 20.8 Å². The zero-order valence-electron chi connectivity index (χ0n) is 17.9. The van der Waals surface area contributed by atoms with E-state index in [0.29, 0.717) is 23.5 Å². The van der Waals surface area contributed by atoms with Crippen molar-refractivity contribution in [3.8, 4) is 5.88 Å². The summed E-state index contributed by atoms with van der Waals surface area (Å²) in [5.41, 5.74) is 3.56. The molecule has 1 amide bonds. The molecule has 0 fully saturated rings. The SMILES string of the molecule is CCOc1ncccc1C(=O)Nc1ccc(C)c(S(=O)(=O)Nc2ccc(C)cc2C)c1. The van der Waals surface area contributed by atoms with Gasteiger partial charge < -0.3 is 10.1 Å². The van der Waals surface area contributed by atoms with Crippen molar-refractivity contribution in [2.75, 3.05) is 16.6 Å². The van der Waals surface area contributed by atoms with Gasteiger partial charge in [-0.25, -0.2) is 13.4 Å². The third-order valence-electron chi connectivity index (χ3n) is 4.66. The first kappa shape index (κ1) is 22.3. The fourth-order valence-corrected chi connectivity index (χ4v) is 4.51. The highest BCUT2D eigenvalue weighted by molar-refractivity contribution is 7.92. The molecule has 7 nitrogen and oxygen atoms in total. The van der Waals surface area contributed by atoms with Gasteiger partial charge in [0.25, 0.3) is 15.9 Å². The summed E-state index contributed by atoms with van der Waals surface area (Å²) < 4.78 is 34.1. The van der Waals surface area contributed by atoms with Crippen LogP contribution in [0.2, 0.25) is 0 Å². The molecule has 162 valence electrons. The van der Waals surface area contributed by atoms with Crippen LogP contribution in [-0.4, -0.2) is 25.9 Å². The summed E-state index contributed by atoms with van der Waals surface area (Å²) in [6.45, 7) is 7.67. The van der Waals surface area contributed by atoms with E-state index in [9.17, 15) is 13.2 Å². The van der Waals surface area contributed by atoms with E-state index < -0.39 is 15.9 Å². The molecule has 0 spiro atoms. The quantitative estimate of drug-likeness (QED) is 0.566. The third kappa shape index (κ3) is 5.21. The lowest BCUT2D eigenvalue weighted by molar-refractivity contribution is 0.102. The maximum absolute atomic E-state index is 13.1. The van der Waals surface area contributed by atoms with Crippen molar-refractivity contribution in [3.63, 3.8) is 0 Å². The average molecular weight is 440 g/mol. The molecule has 0 saturated carbocycles. The number of sulfonamides is 1. The molecule has 0 aliphatic carbocycles. The summed E-state index contributed by atoms with van der Waals surface area (Å²) in [5, 5.41) is 2.73. The molecule has 1 heterocycles. The third-order valence-corrected chi connectivity index (χ3v) is 6.17. The minimum absolute atomic E-state index is 0.0847. The Morgan fingerprint density at radius 3 is 2.52 bits per heavy atom. The molecule has 2 N–H and O–H groups in total. The van der Waals surface area contributed by atoms with Crippen molar-refractivity contribution in [3.05, 3.63) is 77.0 Å². The number of hydrogen-bond acceptors (Lipinski definition) is 5. The number of anilines is 2. The van der Waals surface area contributed by atoms with E-state index in [1.54, 1.807) is 44.2 Å². The molecule has 0 atom stereocenters. The number of amides is 1. The Balaban J connectivity index is 1.88. The van der Waals surface area contributed by atoms with Crippen LogP contribution < -0.4 is 14.8 Å². The zero-order valence-corrected chi connectivity index (χ0v) is 18.7. The van der Waals surface area contributed by atoms with Crippen LogP contribution in [0.25, 0.3) is 0 Å². The number of ether oxygens (including phenoxy) is 1. The molecule has 0 radical (unpaired) electrons. The van der Waals surface area contributed by atoms with Gasteiger partial charge in [0, 0.05) is 11.9 Å². The van der Waals surface area contributed by atoms with Crippen LogP contribution in [0.3, 0.4) is 0 Å². The molecule has 1 aromatic heterocycles. The monoisotopic (exact) mass is 439 g/mol. The Hall–Kier alpha value is -3.39. The number of pyridine rings is 1. The number of carbonyl (C=O) groups is 1. The number of rotatable bonds is 7. The molecule has 0 aliphatic heterocycles. The number of nitrogens with one attached hydrogen (secondary N) is 2. The first-order valence-electron chi connectivity index (χ1n) is 9.81. The van der Waals surface area contributed by atoms with Crippen molar-refractivity contribution >= 4 is 27.3 Å². The average Bonchev–Trinajstić information content (AvgIpc) is 2.72. The van der Waals surface area contributed by atoms with Gasteiger partial charge in [-0.15, -0.1) is 0 Å². The summed E-state index contributed by atoms with van der Waals surface area (Å²) >= 11 is 0. The van der Waals surface area contributed by atoms with Crippen LogP contribution in [0.4, 0.5) is 11.4 Å². The number of hydrogen-bond donors (Lipinski definition) is 2. The molecule has 0 unspecified atom stereocenters. The van der Waals surface area contributed by atoms with E-state index in [1.165, 1.54) is 12.3 Å². The van der Waals surface area contributed by atoms with Gasteiger partial charge in [0.15, 0.2) is 0 Å². The number of aromatic nitrogens is 1. The van der Waals surface area contributed by atoms with Gasteiger partial charge in [0.2, 0.25) is 5.88 Å². The summed E-state index contributed by atoms with van der Waals surface area (Å²) in [6.07, 6.45) is 1.54. The van der Waals surface area contributed by atoms with Crippen molar-refractivity contribution < 1.29 is 17.9 Å². The summed E-state index contributed by atoms with van der Waals surface area (Å²) in [6, 6.07) is 13.5. The maximum Gasteiger partial charge on any atom is 0.262 e. The van der Waals surface area contributed by atoms with E-state index in [1.807, 2.05) is 26.0 Å². The highest BCUT2D eigenvalue weighted by atomic mass is 32.2. The van der Waals surface area contributed by atoms with E-state index in [4.69, 9.17) is 4.74 Å². The second-order valence-corrected chi connectivity index (χ2v) is 8.80. The molecular formula is C23H25N3O4S. The highest BCUT2D eigenvalue weighted by Gasteiger charge is 2.20. The van der Waals surface area contributed by atoms with Crippen molar-refractivity contribution in [1.82, 2.24) is 4.98 Å². The number of carbonyl (C=O) groups excluding carboxylic acids is 1. The van der Waals surface area contributed by atoms with Crippen LogP contribution in [0.15, 0.2) is 59.6 Å². The Morgan fingerprint density at radius 2 is 1.81 bits per heavy atom. The lowest BCUT2D eigenvalue weighted by Crippen LogP contribution is -2.17. The van der Waals surface area contributed by atoms with Crippen LogP contribution in [-0.2, 0) is 10.0 Å². The van der Waals surface area contributed by atoms with Gasteiger partial charge in [-0.05, 0) is 69.2 Å². The van der Waals surface area contributed by atoms with Crippen molar-refractivity contribution in [2.24, 2.45) is 0 Å². The van der Waals surface area contributed by atoms with Gasteiger partial charge in [0.1, 0.15) is 5.56 Å². The number of nitrogens with zero attached hydrogens (tertiary/aromatic N) is 1. The van der Waals surface area contributed by atoms with Gasteiger partial charge in [-0.3, -0.25) is 9.52 Å². The van der Waals surface area contributed by atoms with E-state index in [0.717, 1.165) is 11.1 Å². The molecule has 3 rings (SSSR count). The predicted molar refractivity (Wildman–Crippen MR) is 121 cm³/mol. The minimum atomic E-state index is -3.86.